The molecule has 2 unspecified atom stereocenters. The number of piperidine rings is 1. The molecule has 1 aromatic rings. The maximum absolute atomic E-state index is 13.0. The van der Waals surface area contributed by atoms with E-state index in [9.17, 15) is 13.2 Å². The van der Waals surface area contributed by atoms with Gasteiger partial charge in [-0.3, -0.25) is 4.79 Å². The lowest BCUT2D eigenvalue weighted by Gasteiger charge is -2.34. The molecule has 7 heteroatoms. The summed E-state index contributed by atoms with van der Waals surface area (Å²) < 4.78 is 27.5. The van der Waals surface area contributed by atoms with Gasteiger partial charge in [-0.15, -0.1) is 0 Å². The molecule has 6 nitrogen and oxygen atoms in total. The molecule has 3 rings (SSSR count). The number of amides is 1. The third-order valence-electron chi connectivity index (χ3n) is 6.03. The van der Waals surface area contributed by atoms with Crippen LogP contribution >= 0.6 is 0 Å². The van der Waals surface area contributed by atoms with Crippen LogP contribution in [0.2, 0.25) is 0 Å². The van der Waals surface area contributed by atoms with E-state index in [0.717, 1.165) is 24.1 Å². The summed E-state index contributed by atoms with van der Waals surface area (Å²) in [6.07, 6.45) is 2.13. The number of carbonyl (C=O) groups is 1. The van der Waals surface area contributed by atoms with Crippen LogP contribution in [0.1, 0.15) is 37.3 Å². The van der Waals surface area contributed by atoms with Gasteiger partial charge in [0.25, 0.3) is 0 Å². The number of likely N-dealkylation sites (tertiary alicyclic amines) is 1. The Bertz CT molecular complexity index is 801. The van der Waals surface area contributed by atoms with Crippen molar-refractivity contribution >= 4 is 15.9 Å². The molecule has 0 radical (unpaired) electrons. The second-order valence-electron chi connectivity index (χ2n) is 8.12. The molecule has 2 fully saturated rings. The monoisotopic (exact) mass is 393 g/mol. The maximum atomic E-state index is 13.0. The topological polar surface area (TPSA) is 83.7 Å². The second kappa shape index (κ2) is 7.89. The lowest BCUT2D eigenvalue weighted by atomic mass is 9.96. The first kappa shape index (κ1) is 20.3. The number of sulfonamides is 1. The van der Waals surface area contributed by atoms with Gasteiger partial charge in [0, 0.05) is 31.6 Å². The fraction of sp³-hybridized carbons (Fsp3) is 0.650. The zero-order chi connectivity index (χ0) is 19.8. The molecule has 0 spiro atoms. The summed E-state index contributed by atoms with van der Waals surface area (Å²) in [6.45, 7) is 8.00. The molecule has 0 saturated carbocycles. The molecule has 2 aliphatic heterocycles. The van der Waals surface area contributed by atoms with E-state index >= 15 is 0 Å². The molecule has 0 aliphatic carbocycles. The van der Waals surface area contributed by atoms with Crippen molar-refractivity contribution in [2.75, 3.05) is 26.2 Å². The van der Waals surface area contributed by atoms with Crippen LogP contribution in [0.15, 0.2) is 23.1 Å². The lowest BCUT2D eigenvalue weighted by molar-refractivity contribution is -0.137. The van der Waals surface area contributed by atoms with Crippen LogP contribution < -0.4 is 5.73 Å². The molecule has 1 amide bonds. The Balaban J connectivity index is 1.65. The van der Waals surface area contributed by atoms with Crippen LogP contribution in [0.5, 0.6) is 0 Å². The van der Waals surface area contributed by atoms with Gasteiger partial charge in [-0.05, 0) is 64.1 Å². The molecule has 2 heterocycles. The highest BCUT2D eigenvalue weighted by molar-refractivity contribution is 7.89. The second-order valence-corrected chi connectivity index (χ2v) is 10.0. The number of hydrogen-bond acceptors (Lipinski definition) is 4. The third kappa shape index (κ3) is 4.05. The highest BCUT2D eigenvalue weighted by Crippen LogP contribution is 2.30. The zero-order valence-electron chi connectivity index (χ0n) is 16.5. The van der Waals surface area contributed by atoms with Crippen molar-refractivity contribution in [1.29, 1.82) is 0 Å². The standard InChI is InChI=1S/C20H31N3O3S/c1-14-4-5-19(15(2)10-14)27(25,26)22-8-6-18(7-9-22)20(24)23-13-17(12-21)11-16(23)3/h4-5,10,16-18H,6-9,11-13,21H2,1-3H3. The predicted octanol–water partition coefficient (Wildman–Crippen LogP) is 1.90. The number of benzene rings is 1. The van der Waals surface area contributed by atoms with E-state index in [0.29, 0.717) is 43.3 Å². The van der Waals surface area contributed by atoms with Crippen LogP contribution in [0.4, 0.5) is 0 Å². The average molecular weight is 394 g/mol. The van der Waals surface area contributed by atoms with Crippen LogP contribution in [-0.4, -0.2) is 55.8 Å². The fourth-order valence-corrected chi connectivity index (χ4v) is 6.10. The number of nitrogens with zero attached hydrogens (tertiary/aromatic N) is 2. The smallest absolute Gasteiger partial charge is 0.243 e. The van der Waals surface area contributed by atoms with E-state index in [2.05, 4.69) is 6.92 Å². The van der Waals surface area contributed by atoms with Gasteiger partial charge in [0.2, 0.25) is 15.9 Å². The van der Waals surface area contributed by atoms with E-state index in [1.807, 2.05) is 30.9 Å². The van der Waals surface area contributed by atoms with Gasteiger partial charge in [-0.2, -0.15) is 4.31 Å². The Morgan fingerprint density at radius 1 is 1.22 bits per heavy atom. The van der Waals surface area contributed by atoms with Crippen molar-refractivity contribution < 1.29 is 13.2 Å². The Morgan fingerprint density at radius 2 is 1.89 bits per heavy atom. The molecule has 2 N–H and O–H groups in total. The summed E-state index contributed by atoms with van der Waals surface area (Å²) in [4.78, 5) is 15.2. The third-order valence-corrected chi connectivity index (χ3v) is 8.09. The summed E-state index contributed by atoms with van der Waals surface area (Å²) in [5.41, 5.74) is 7.59. The van der Waals surface area contributed by atoms with Gasteiger partial charge in [0.15, 0.2) is 0 Å². The van der Waals surface area contributed by atoms with Gasteiger partial charge in [-0.1, -0.05) is 17.7 Å². The van der Waals surface area contributed by atoms with E-state index in [1.54, 1.807) is 6.07 Å². The number of hydrogen-bond donors (Lipinski definition) is 1. The highest BCUT2D eigenvalue weighted by atomic mass is 32.2. The molecular formula is C20H31N3O3S. The van der Waals surface area contributed by atoms with E-state index in [-0.39, 0.29) is 17.9 Å². The Morgan fingerprint density at radius 3 is 2.44 bits per heavy atom. The van der Waals surface area contributed by atoms with E-state index in [4.69, 9.17) is 5.73 Å². The molecule has 0 aromatic heterocycles. The van der Waals surface area contributed by atoms with Crippen LogP contribution in [0.25, 0.3) is 0 Å². The van der Waals surface area contributed by atoms with Gasteiger partial charge >= 0.3 is 0 Å². The van der Waals surface area contributed by atoms with Crippen LogP contribution in [0.3, 0.4) is 0 Å². The summed E-state index contributed by atoms with van der Waals surface area (Å²) in [5.74, 6) is 0.463. The SMILES string of the molecule is Cc1ccc(S(=O)(=O)N2CCC(C(=O)N3CC(CN)CC3C)CC2)c(C)c1. The number of nitrogens with two attached hydrogens (primary N) is 1. The Kier molecular flexibility index (Phi) is 5.93. The number of aryl methyl sites for hydroxylation is 2. The van der Waals surface area contributed by atoms with E-state index in [1.165, 1.54) is 4.31 Å². The van der Waals surface area contributed by atoms with Crippen molar-refractivity contribution in [2.24, 2.45) is 17.6 Å². The van der Waals surface area contributed by atoms with Crippen molar-refractivity contribution in [3.63, 3.8) is 0 Å². The minimum absolute atomic E-state index is 0.0884. The normalized spacial score (nSPS) is 25.1. The molecule has 27 heavy (non-hydrogen) atoms. The number of carbonyl (C=O) groups excluding carboxylic acids is 1. The van der Waals surface area contributed by atoms with Gasteiger partial charge in [0.1, 0.15) is 0 Å². The Labute approximate surface area is 162 Å². The first-order valence-electron chi connectivity index (χ1n) is 9.82. The largest absolute Gasteiger partial charge is 0.339 e. The van der Waals surface area contributed by atoms with E-state index < -0.39 is 10.0 Å². The number of rotatable bonds is 4. The fourth-order valence-electron chi connectivity index (χ4n) is 4.43. The summed E-state index contributed by atoms with van der Waals surface area (Å²) in [6, 6.07) is 5.64. The highest BCUT2D eigenvalue weighted by Gasteiger charge is 2.38. The van der Waals surface area contributed by atoms with Gasteiger partial charge < -0.3 is 10.6 Å². The zero-order valence-corrected chi connectivity index (χ0v) is 17.3. The lowest BCUT2D eigenvalue weighted by Crippen LogP contribution is -2.45. The van der Waals surface area contributed by atoms with Crippen LogP contribution in [-0.2, 0) is 14.8 Å². The maximum Gasteiger partial charge on any atom is 0.243 e. The molecular weight excluding hydrogens is 362 g/mol. The predicted molar refractivity (Wildman–Crippen MR) is 106 cm³/mol. The molecule has 150 valence electrons. The van der Waals surface area contributed by atoms with Crippen molar-refractivity contribution in [3.8, 4) is 0 Å². The molecule has 2 atom stereocenters. The first-order valence-corrected chi connectivity index (χ1v) is 11.3. The van der Waals surface area contributed by atoms with Gasteiger partial charge in [0.05, 0.1) is 4.90 Å². The van der Waals surface area contributed by atoms with Gasteiger partial charge in [-0.25, -0.2) is 8.42 Å². The molecule has 1 aromatic carbocycles. The minimum atomic E-state index is -3.51. The summed E-state index contributed by atoms with van der Waals surface area (Å²) in [5, 5.41) is 0. The van der Waals surface area contributed by atoms with Crippen molar-refractivity contribution in [1.82, 2.24) is 9.21 Å². The molecule has 2 aliphatic rings. The van der Waals surface area contributed by atoms with Crippen LogP contribution in [0, 0.1) is 25.7 Å². The average Bonchev–Trinajstić information content (AvgIpc) is 3.02. The Hall–Kier alpha value is -1.44. The molecule has 0 bridgehead atoms. The quantitative estimate of drug-likeness (QED) is 0.847. The summed E-state index contributed by atoms with van der Waals surface area (Å²) >= 11 is 0. The van der Waals surface area contributed by atoms with Crippen molar-refractivity contribution in [2.45, 2.75) is 51.0 Å². The summed E-state index contributed by atoms with van der Waals surface area (Å²) in [7, 11) is -3.51. The first-order chi connectivity index (χ1) is 12.7. The minimum Gasteiger partial charge on any atom is -0.339 e. The van der Waals surface area contributed by atoms with Crippen molar-refractivity contribution in [3.05, 3.63) is 29.3 Å². The molecule has 2 saturated heterocycles.